The predicted molar refractivity (Wildman–Crippen MR) is 87.0 cm³/mol. The van der Waals surface area contributed by atoms with E-state index in [9.17, 15) is 0 Å². The molecular weight excluding hydrogens is 246 g/mol. The van der Waals surface area contributed by atoms with Crippen LogP contribution in [0.15, 0.2) is 0 Å². The molecule has 2 N–H and O–H groups in total. The van der Waals surface area contributed by atoms with Crippen molar-refractivity contribution in [2.24, 2.45) is 5.73 Å². The monoisotopic (exact) mass is 281 g/mol. The van der Waals surface area contributed by atoms with Gasteiger partial charge in [0.15, 0.2) is 0 Å². The fraction of sp³-hybridized carbons (Fsp3) is 1.00. The summed E-state index contributed by atoms with van der Waals surface area (Å²) in [7, 11) is 0. The average Bonchev–Trinajstić information content (AvgIpc) is 2.48. The van der Waals surface area contributed by atoms with Gasteiger partial charge in [0.25, 0.3) is 0 Å². The van der Waals surface area contributed by atoms with Gasteiger partial charge in [-0.05, 0) is 52.5 Å². The maximum Gasteiger partial charge on any atom is 0.0358 e. The van der Waals surface area contributed by atoms with Crippen LogP contribution in [0.4, 0.5) is 0 Å². The molecule has 20 heavy (non-hydrogen) atoms. The summed E-state index contributed by atoms with van der Waals surface area (Å²) in [4.78, 5) is 5.45. The van der Waals surface area contributed by atoms with Crippen LogP contribution >= 0.6 is 0 Å². The molecular formula is C17H35N3. The molecule has 0 aliphatic carbocycles. The number of nitrogens with two attached hydrogens (primary N) is 1. The van der Waals surface area contributed by atoms with Gasteiger partial charge in [-0.2, -0.15) is 0 Å². The Labute approximate surface area is 125 Å². The van der Waals surface area contributed by atoms with Crippen molar-refractivity contribution < 1.29 is 0 Å². The summed E-state index contributed by atoms with van der Waals surface area (Å²) in [5, 5.41) is 0. The van der Waals surface area contributed by atoms with Crippen molar-refractivity contribution in [2.45, 2.75) is 83.3 Å². The molecule has 0 bridgehead atoms. The average molecular weight is 281 g/mol. The minimum Gasteiger partial charge on any atom is -0.329 e. The molecule has 0 aromatic carbocycles. The maximum absolute atomic E-state index is 6.29. The Hall–Kier alpha value is -0.120. The molecule has 2 fully saturated rings. The highest BCUT2D eigenvalue weighted by Crippen LogP contribution is 2.35. The molecule has 2 rings (SSSR count). The lowest BCUT2D eigenvalue weighted by molar-refractivity contribution is -0.0280. The highest BCUT2D eigenvalue weighted by molar-refractivity contribution is 5.00. The van der Waals surface area contributed by atoms with Gasteiger partial charge in [0, 0.05) is 37.3 Å². The number of piperidine rings is 2. The third kappa shape index (κ3) is 3.37. The van der Waals surface area contributed by atoms with E-state index in [0.29, 0.717) is 11.6 Å². The highest BCUT2D eigenvalue weighted by Gasteiger charge is 2.42. The van der Waals surface area contributed by atoms with Crippen molar-refractivity contribution in [3.63, 3.8) is 0 Å². The zero-order chi connectivity index (χ0) is 14.6. The van der Waals surface area contributed by atoms with Crippen LogP contribution < -0.4 is 5.73 Å². The Morgan fingerprint density at radius 3 is 2.40 bits per heavy atom. The van der Waals surface area contributed by atoms with E-state index < -0.39 is 0 Å². The van der Waals surface area contributed by atoms with E-state index in [2.05, 4.69) is 30.6 Å². The van der Waals surface area contributed by atoms with E-state index in [0.717, 1.165) is 12.6 Å². The van der Waals surface area contributed by atoms with E-state index in [1.807, 2.05) is 0 Å². The van der Waals surface area contributed by atoms with Crippen LogP contribution in [0.25, 0.3) is 0 Å². The molecule has 0 aromatic rings. The topological polar surface area (TPSA) is 32.5 Å². The summed E-state index contributed by atoms with van der Waals surface area (Å²) in [6, 6.07) is 1.47. The van der Waals surface area contributed by atoms with Gasteiger partial charge in [-0.25, -0.2) is 0 Å². The largest absolute Gasteiger partial charge is 0.329 e. The third-order valence-electron chi connectivity index (χ3n) is 5.70. The van der Waals surface area contributed by atoms with Crippen LogP contribution in [0.1, 0.15) is 65.7 Å². The second kappa shape index (κ2) is 7.24. The molecule has 3 heteroatoms. The van der Waals surface area contributed by atoms with Crippen LogP contribution in [-0.4, -0.2) is 53.6 Å². The quantitative estimate of drug-likeness (QED) is 0.841. The first-order valence-electron chi connectivity index (χ1n) is 8.84. The maximum atomic E-state index is 6.29. The van der Waals surface area contributed by atoms with Gasteiger partial charge in [0.2, 0.25) is 0 Å². The van der Waals surface area contributed by atoms with Gasteiger partial charge >= 0.3 is 0 Å². The molecule has 118 valence electrons. The second-order valence-corrected chi connectivity index (χ2v) is 7.19. The molecule has 2 aliphatic rings. The molecule has 2 heterocycles. The Bertz CT molecular complexity index is 280. The first-order chi connectivity index (χ1) is 9.63. The molecule has 0 spiro atoms. The normalized spacial score (nSPS) is 28.9. The van der Waals surface area contributed by atoms with Gasteiger partial charge in [-0.1, -0.05) is 19.8 Å². The molecule has 0 saturated carbocycles. The summed E-state index contributed by atoms with van der Waals surface area (Å²) in [6.07, 6.45) is 9.37. The van der Waals surface area contributed by atoms with E-state index in [1.165, 1.54) is 64.6 Å². The summed E-state index contributed by atoms with van der Waals surface area (Å²) < 4.78 is 0. The summed E-state index contributed by atoms with van der Waals surface area (Å²) in [5.41, 5.74) is 6.59. The van der Waals surface area contributed by atoms with E-state index in [1.54, 1.807) is 0 Å². The van der Waals surface area contributed by atoms with E-state index >= 15 is 0 Å². The van der Waals surface area contributed by atoms with Gasteiger partial charge in [-0.3, -0.25) is 4.90 Å². The lowest BCUT2D eigenvalue weighted by Crippen LogP contribution is -2.63. The van der Waals surface area contributed by atoms with Crippen LogP contribution in [0.5, 0.6) is 0 Å². The van der Waals surface area contributed by atoms with Crippen molar-refractivity contribution in [1.82, 2.24) is 9.80 Å². The molecule has 1 atom stereocenters. The number of likely N-dealkylation sites (tertiary alicyclic amines) is 2. The Morgan fingerprint density at radius 2 is 1.85 bits per heavy atom. The van der Waals surface area contributed by atoms with Crippen molar-refractivity contribution in [2.75, 3.05) is 26.2 Å². The Balaban J connectivity index is 2.06. The number of rotatable bonds is 5. The second-order valence-electron chi connectivity index (χ2n) is 7.19. The zero-order valence-electron chi connectivity index (χ0n) is 13.9. The van der Waals surface area contributed by atoms with Gasteiger partial charge < -0.3 is 10.6 Å². The lowest BCUT2D eigenvalue weighted by atomic mass is 9.81. The molecule has 1 unspecified atom stereocenters. The van der Waals surface area contributed by atoms with Crippen LogP contribution in [-0.2, 0) is 0 Å². The van der Waals surface area contributed by atoms with Crippen molar-refractivity contribution in [3.05, 3.63) is 0 Å². The predicted octanol–water partition coefficient (Wildman–Crippen LogP) is 2.84. The van der Waals surface area contributed by atoms with Crippen LogP contribution in [0, 0.1) is 0 Å². The summed E-state index contributed by atoms with van der Waals surface area (Å²) >= 11 is 0. The van der Waals surface area contributed by atoms with E-state index in [-0.39, 0.29) is 0 Å². The number of hydrogen-bond acceptors (Lipinski definition) is 3. The minimum atomic E-state index is 0.297. The van der Waals surface area contributed by atoms with Crippen molar-refractivity contribution in [3.8, 4) is 0 Å². The van der Waals surface area contributed by atoms with Gasteiger partial charge in [0.05, 0.1) is 0 Å². The first kappa shape index (κ1) is 16.3. The van der Waals surface area contributed by atoms with Gasteiger partial charge in [-0.15, -0.1) is 0 Å². The smallest absolute Gasteiger partial charge is 0.0358 e. The molecule has 0 amide bonds. The van der Waals surface area contributed by atoms with Crippen molar-refractivity contribution >= 4 is 0 Å². The van der Waals surface area contributed by atoms with Crippen molar-refractivity contribution in [1.29, 1.82) is 0 Å². The lowest BCUT2D eigenvalue weighted by Gasteiger charge is -2.53. The molecule has 0 radical (unpaired) electrons. The Kier molecular flexibility index (Phi) is 5.88. The highest BCUT2D eigenvalue weighted by atomic mass is 15.3. The SMILES string of the molecule is CCCC1CCCCN1C1(CN)CCN(C(C)C)CC1. The fourth-order valence-corrected chi connectivity index (χ4v) is 4.32. The summed E-state index contributed by atoms with van der Waals surface area (Å²) in [5.74, 6) is 0. The molecule has 0 aromatic heterocycles. The number of hydrogen-bond donors (Lipinski definition) is 1. The zero-order valence-corrected chi connectivity index (χ0v) is 13.9. The molecule has 2 aliphatic heterocycles. The Morgan fingerprint density at radius 1 is 1.15 bits per heavy atom. The molecule has 3 nitrogen and oxygen atoms in total. The van der Waals surface area contributed by atoms with E-state index in [4.69, 9.17) is 5.73 Å². The summed E-state index contributed by atoms with van der Waals surface area (Å²) in [6.45, 7) is 11.5. The van der Waals surface area contributed by atoms with Gasteiger partial charge in [0.1, 0.15) is 0 Å². The van der Waals surface area contributed by atoms with Crippen LogP contribution in [0.2, 0.25) is 0 Å². The standard InChI is InChI=1S/C17H35N3/c1-4-7-16-8-5-6-11-20(16)17(14-18)9-12-19(13-10-17)15(2)3/h15-16H,4-14,18H2,1-3H3. The van der Waals surface area contributed by atoms with Crippen LogP contribution in [0.3, 0.4) is 0 Å². The third-order valence-corrected chi connectivity index (χ3v) is 5.70. The molecule has 2 saturated heterocycles. The minimum absolute atomic E-state index is 0.297. The fourth-order valence-electron chi connectivity index (χ4n) is 4.32. The number of nitrogens with zero attached hydrogens (tertiary/aromatic N) is 2. The first-order valence-corrected chi connectivity index (χ1v) is 8.84.